The van der Waals surface area contributed by atoms with Crippen molar-refractivity contribution in [2.45, 2.75) is 64.3 Å². The predicted octanol–water partition coefficient (Wildman–Crippen LogP) is 2.56. The van der Waals surface area contributed by atoms with E-state index < -0.39 is 5.54 Å². The molecule has 2 N–H and O–H groups in total. The average molecular weight is 284 g/mol. The molecule has 1 unspecified atom stereocenters. The number of carbonyl (C=O) groups is 1. The van der Waals surface area contributed by atoms with Gasteiger partial charge in [-0.25, -0.2) is 0 Å². The Morgan fingerprint density at radius 2 is 2.00 bits per heavy atom. The number of nitrogens with two attached hydrogens (primary N) is 1. The van der Waals surface area contributed by atoms with Gasteiger partial charge in [0.25, 0.3) is 0 Å². The Hall–Kier alpha value is -0.610. The number of ether oxygens (including phenoxy) is 1. The van der Waals surface area contributed by atoms with Crippen LogP contribution in [0.1, 0.15) is 58.8 Å². The van der Waals surface area contributed by atoms with Gasteiger partial charge >= 0.3 is 5.97 Å². The molecule has 1 saturated heterocycles. The molecule has 0 aromatic carbocycles. The van der Waals surface area contributed by atoms with Crippen LogP contribution in [0.2, 0.25) is 0 Å². The summed E-state index contributed by atoms with van der Waals surface area (Å²) in [6.07, 6.45) is 8.20. The first-order valence-corrected chi connectivity index (χ1v) is 8.09. The van der Waals surface area contributed by atoms with Crippen LogP contribution in [0, 0.1) is 5.92 Å². The minimum absolute atomic E-state index is 0.308. The fourth-order valence-corrected chi connectivity index (χ4v) is 3.07. The van der Waals surface area contributed by atoms with E-state index in [4.69, 9.17) is 10.5 Å². The summed E-state index contributed by atoms with van der Waals surface area (Å²) in [6, 6.07) is 0. The van der Waals surface area contributed by atoms with E-state index in [1.807, 2.05) is 0 Å². The average Bonchev–Trinajstić information content (AvgIpc) is 2.44. The van der Waals surface area contributed by atoms with Crippen LogP contribution >= 0.6 is 0 Å². The van der Waals surface area contributed by atoms with Gasteiger partial charge < -0.3 is 15.4 Å². The van der Waals surface area contributed by atoms with E-state index in [1.54, 1.807) is 6.92 Å². The maximum atomic E-state index is 11.5. The molecule has 0 aromatic rings. The first-order chi connectivity index (χ1) is 9.49. The first kappa shape index (κ1) is 17.4. The van der Waals surface area contributed by atoms with Gasteiger partial charge in [-0.05, 0) is 64.6 Å². The third kappa shape index (κ3) is 5.80. The summed E-state index contributed by atoms with van der Waals surface area (Å²) >= 11 is 0. The van der Waals surface area contributed by atoms with Gasteiger partial charge in [-0.2, -0.15) is 0 Å². The molecule has 118 valence electrons. The van der Waals surface area contributed by atoms with Crippen LogP contribution in [-0.4, -0.2) is 43.2 Å². The Kier molecular flexibility index (Phi) is 7.52. The maximum Gasteiger partial charge on any atom is 0.325 e. The zero-order valence-corrected chi connectivity index (χ0v) is 13.5. The lowest BCUT2D eigenvalue weighted by atomic mass is 9.92. The Morgan fingerprint density at radius 1 is 1.35 bits per heavy atom. The molecule has 0 radical (unpaired) electrons. The number of carbonyl (C=O) groups excluding carboxylic acids is 1. The van der Waals surface area contributed by atoms with Crippen molar-refractivity contribution in [3.05, 3.63) is 0 Å². The summed E-state index contributed by atoms with van der Waals surface area (Å²) in [5.41, 5.74) is 5.12. The first-order valence-electron chi connectivity index (χ1n) is 8.09. The van der Waals surface area contributed by atoms with Crippen molar-refractivity contribution in [2.75, 3.05) is 26.7 Å². The van der Waals surface area contributed by atoms with Crippen LogP contribution in [0.3, 0.4) is 0 Å². The van der Waals surface area contributed by atoms with Crippen LogP contribution in [0.15, 0.2) is 0 Å². The number of piperidine rings is 1. The lowest BCUT2D eigenvalue weighted by Gasteiger charge is -2.32. The molecule has 1 rings (SSSR count). The van der Waals surface area contributed by atoms with Crippen molar-refractivity contribution >= 4 is 5.97 Å². The summed E-state index contributed by atoms with van der Waals surface area (Å²) in [4.78, 5) is 14.0. The molecular formula is C16H32N2O2. The minimum atomic E-state index is -0.830. The lowest BCUT2D eigenvalue weighted by Crippen LogP contribution is -2.45. The number of methoxy groups -OCH3 is 1. The van der Waals surface area contributed by atoms with Crippen LogP contribution in [-0.2, 0) is 9.53 Å². The quantitative estimate of drug-likeness (QED) is 0.550. The molecule has 0 amide bonds. The van der Waals surface area contributed by atoms with Gasteiger partial charge in [-0.1, -0.05) is 19.8 Å². The summed E-state index contributed by atoms with van der Waals surface area (Å²) in [5.74, 6) is 0.640. The van der Waals surface area contributed by atoms with Gasteiger partial charge in [0.1, 0.15) is 5.54 Å². The molecule has 1 fully saturated rings. The van der Waals surface area contributed by atoms with Crippen molar-refractivity contribution < 1.29 is 9.53 Å². The largest absolute Gasteiger partial charge is 0.468 e. The highest BCUT2D eigenvalue weighted by molar-refractivity contribution is 5.79. The molecule has 0 aliphatic carbocycles. The molecule has 1 atom stereocenters. The van der Waals surface area contributed by atoms with E-state index in [0.717, 1.165) is 25.3 Å². The number of rotatable bonds is 8. The minimum Gasteiger partial charge on any atom is -0.468 e. The summed E-state index contributed by atoms with van der Waals surface area (Å²) < 4.78 is 4.72. The highest BCUT2D eigenvalue weighted by Gasteiger charge is 2.28. The second-order valence-electron chi connectivity index (χ2n) is 6.44. The summed E-state index contributed by atoms with van der Waals surface area (Å²) in [5, 5.41) is 0. The molecule has 20 heavy (non-hydrogen) atoms. The van der Waals surface area contributed by atoms with Crippen molar-refractivity contribution in [2.24, 2.45) is 11.7 Å². The smallest absolute Gasteiger partial charge is 0.325 e. The number of likely N-dealkylation sites (tertiary alicyclic amines) is 1. The number of esters is 1. The molecule has 4 nitrogen and oxygen atoms in total. The topological polar surface area (TPSA) is 55.6 Å². The van der Waals surface area contributed by atoms with Gasteiger partial charge in [-0.3, -0.25) is 4.79 Å². The molecule has 1 aliphatic rings. The van der Waals surface area contributed by atoms with E-state index in [9.17, 15) is 4.79 Å². The molecule has 1 heterocycles. The molecule has 0 saturated carbocycles. The van der Waals surface area contributed by atoms with E-state index in [2.05, 4.69) is 11.8 Å². The van der Waals surface area contributed by atoms with Crippen molar-refractivity contribution in [1.82, 2.24) is 4.90 Å². The Bertz CT molecular complexity index is 284. The normalized spacial score (nSPS) is 20.6. The predicted molar refractivity (Wildman–Crippen MR) is 82.5 cm³/mol. The molecule has 4 heteroatoms. The maximum absolute atomic E-state index is 11.5. The summed E-state index contributed by atoms with van der Waals surface area (Å²) in [7, 11) is 1.40. The molecular weight excluding hydrogens is 252 g/mol. The highest BCUT2D eigenvalue weighted by Crippen LogP contribution is 2.22. The van der Waals surface area contributed by atoms with E-state index in [1.165, 1.54) is 45.9 Å². The number of unbranched alkanes of at least 4 members (excludes halogenated alkanes) is 1. The van der Waals surface area contributed by atoms with Crippen LogP contribution in [0.5, 0.6) is 0 Å². The SMILES string of the molecule is CCCC1CCN(CCCCC(C)(N)C(=O)OC)CC1. The van der Waals surface area contributed by atoms with Gasteiger partial charge in [0.2, 0.25) is 0 Å². The zero-order valence-electron chi connectivity index (χ0n) is 13.5. The summed E-state index contributed by atoms with van der Waals surface area (Å²) in [6.45, 7) is 7.64. The third-order valence-electron chi connectivity index (χ3n) is 4.48. The number of nitrogens with zero attached hydrogens (tertiary/aromatic N) is 1. The molecule has 0 bridgehead atoms. The monoisotopic (exact) mass is 284 g/mol. The highest BCUT2D eigenvalue weighted by atomic mass is 16.5. The van der Waals surface area contributed by atoms with Gasteiger partial charge in [0.05, 0.1) is 7.11 Å². The molecule has 1 aliphatic heterocycles. The molecule has 0 aromatic heterocycles. The Morgan fingerprint density at radius 3 is 2.55 bits per heavy atom. The fourth-order valence-electron chi connectivity index (χ4n) is 3.07. The van der Waals surface area contributed by atoms with E-state index in [0.29, 0.717) is 6.42 Å². The Labute approximate surface area is 124 Å². The van der Waals surface area contributed by atoms with Gasteiger partial charge in [0.15, 0.2) is 0 Å². The third-order valence-corrected chi connectivity index (χ3v) is 4.48. The fraction of sp³-hybridized carbons (Fsp3) is 0.938. The Balaban J connectivity index is 2.12. The number of hydrogen-bond acceptors (Lipinski definition) is 4. The number of hydrogen-bond donors (Lipinski definition) is 1. The lowest BCUT2D eigenvalue weighted by molar-refractivity contribution is -0.146. The standard InChI is InChI=1S/C16H32N2O2/c1-4-7-14-8-12-18(13-9-14)11-6-5-10-16(2,17)15(19)20-3/h14H,4-13,17H2,1-3H3. The van der Waals surface area contributed by atoms with E-state index >= 15 is 0 Å². The van der Waals surface area contributed by atoms with E-state index in [-0.39, 0.29) is 5.97 Å². The van der Waals surface area contributed by atoms with Crippen molar-refractivity contribution in [3.63, 3.8) is 0 Å². The second kappa shape index (κ2) is 8.63. The van der Waals surface area contributed by atoms with Crippen LogP contribution in [0.4, 0.5) is 0 Å². The van der Waals surface area contributed by atoms with Gasteiger partial charge in [0, 0.05) is 0 Å². The van der Waals surface area contributed by atoms with Crippen molar-refractivity contribution in [1.29, 1.82) is 0 Å². The zero-order chi connectivity index (χ0) is 15.0. The van der Waals surface area contributed by atoms with Crippen molar-refractivity contribution in [3.8, 4) is 0 Å². The second-order valence-corrected chi connectivity index (χ2v) is 6.44. The van der Waals surface area contributed by atoms with Gasteiger partial charge in [-0.15, -0.1) is 0 Å². The van der Waals surface area contributed by atoms with Crippen LogP contribution < -0.4 is 5.73 Å². The molecule has 0 spiro atoms. The van der Waals surface area contributed by atoms with Crippen LogP contribution in [0.25, 0.3) is 0 Å².